The summed E-state index contributed by atoms with van der Waals surface area (Å²) in [5.74, 6) is -1.74. The van der Waals surface area contributed by atoms with Gasteiger partial charge in [0.2, 0.25) is 0 Å². The minimum absolute atomic E-state index is 0.0950. The van der Waals surface area contributed by atoms with Crippen molar-refractivity contribution in [1.29, 1.82) is 0 Å². The molecule has 116 valence electrons. The second-order valence-electron chi connectivity index (χ2n) is 5.14. The molecular formula is C15H18F3NO2. The molecule has 0 saturated carbocycles. The van der Waals surface area contributed by atoms with Crippen molar-refractivity contribution in [3.05, 3.63) is 35.9 Å². The van der Waals surface area contributed by atoms with E-state index in [-0.39, 0.29) is 19.2 Å². The molecule has 1 unspecified atom stereocenters. The van der Waals surface area contributed by atoms with Crippen LogP contribution in [0.2, 0.25) is 0 Å². The number of halogens is 3. The van der Waals surface area contributed by atoms with Crippen molar-refractivity contribution in [2.24, 2.45) is 0 Å². The molecule has 1 aliphatic heterocycles. The maximum atomic E-state index is 12.4. The number of amides is 1. The summed E-state index contributed by atoms with van der Waals surface area (Å²) in [4.78, 5) is 12.1. The Hall–Kier alpha value is -1.56. The number of hydrogen-bond donors (Lipinski definition) is 0. The van der Waals surface area contributed by atoms with Gasteiger partial charge in [0.25, 0.3) is 0 Å². The smallest absolute Gasteiger partial charge is 0.373 e. The first kappa shape index (κ1) is 15.8. The highest BCUT2D eigenvalue weighted by Crippen LogP contribution is 2.22. The number of benzene rings is 1. The molecule has 1 amide bonds. The van der Waals surface area contributed by atoms with Crippen molar-refractivity contribution in [3.63, 3.8) is 0 Å². The number of carbonyl (C=O) groups excluding carboxylic acids is 1. The van der Waals surface area contributed by atoms with Crippen molar-refractivity contribution in [1.82, 2.24) is 4.90 Å². The second kappa shape index (κ2) is 6.93. The molecule has 1 aromatic rings. The van der Waals surface area contributed by atoms with Gasteiger partial charge in [0, 0.05) is 13.1 Å². The van der Waals surface area contributed by atoms with Gasteiger partial charge >= 0.3 is 12.1 Å². The van der Waals surface area contributed by atoms with Gasteiger partial charge in [0.15, 0.2) is 0 Å². The van der Waals surface area contributed by atoms with Crippen LogP contribution in [0.3, 0.4) is 0 Å². The Balaban J connectivity index is 1.82. The van der Waals surface area contributed by atoms with Crippen LogP contribution in [0.15, 0.2) is 30.3 Å². The molecule has 1 aliphatic rings. The Morgan fingerprint density at radius 1 is 1.19 bits per heavy atom. The van der Waals surface area contributed by atoms with Crippen LogP contribution in [0, 0.1) is 0 Å². The van der Waals surface area contributed by atoms with E-state index in [2.05, 4.69) is 0 Å². The lowest BCUT2D eigenvalue weighted by Crippen LogP contribution is -2.41. The molecule has 0 bridgehead atoms. The zero-order valence-corrected chi connectivity index (χ0v) is 11.6. The van der Waals surface area contributed by atoms with Gasteiger partial charge in [0.1, 0.15) is 0 Å². The summed E-state index contributed by atoms with van der Waals surface area (Å²) in [6.07, 6.45) is -3.24. The van der Waals surface area contributed by atoms with Gasteiger partial charge in [-0.25, -0.2) is 0 Å². The standard InChI is InChI=1S/C15H18F3NO2/c16-15(17,18)14(20)19-9-4-7-13(8-10-19)21-11-12-5-2-1-3-6-12/h1-3,5-6,13H,4,7-11H2. The third kappa shape index (κ3) is 4.74. The largest absolute Gasteiger partial charge is 0.471 e. The van der Waals surface area contributed by atoms with Crippen molar-refractivity contribution in [2.45, 2.75) is 38.1 Å². The molecule has 0 aromatic heterocycles. The van der Waals surface area contributed by atoms with Gasteiger partial charge in [-0.1, -0.05) is 30.3 Å². The molecule has 3 nitrogen and oxygen atoms in total. The van der Waals surface area contributed by atoms with Gasteiger partial charge in [-0.15, -0.1) is 0 Å². The molecule has 0 spiro atoms. The van der Waals surface area contributed by atoms with Crippen LogP contribution in [0.4, 0.5) is 13.2 Å². The Morgan fingerprint density at radius 3 is 2.57 bits per heavy atom. The summed E-state index contributed by atoms with van der Waals surface area (Å²) in [7, 11) is 0. The molecule has 0 aliphatic carbocycles. The number of hydrogen-bond acceptors (Lipinski definition) is 2. The number of ether oxygens (including phenoxy) is 1. The summed E-state index contributed by atoms with van der Waals surface area (Å²) in [6, 6.07) is 9.62. The van der Waals surface area contributed by atoms with Crippen molar-refractivity contribution in [3.8, 4) is 0 Å². The van der Waals surface area contributed by atoms with E-state index >= 15 is 0 Å². The average molecular weight is 301 g/mol. The summed E-state index contributed by atoms with van der Waals surface area (Å²) in [6.45, 7) is 0.681. The van der Waals surface area contributed by atoms with Crippen molar-refractivity contribution < 1.29 is 22.7 Å². The number of carbonyl (C=O) groups is 1. The quantitative estimate of drug-likeness (QED) is 0.858. The van der Waals surface area contributed by atoms with Crippen molar-refractivity contribution >= 4 is 5.91 Å². The number of nitrogens with zero attached hydrogens (tertiary/aromatic N) is 1. The van der Waals surface area contributed by atoms with Gasteiger partial charge in [0.05, 0.1) is 12.7 Å². The average Bonchev–Trinajstić information content (AvgIpc) is 2.70. The maximum absolute atomic E-state index is 12.4. The monoisotopic (exact) mass is 301 g/mol. The fraction of sp³-hybridized carbons (Fsp3) is 0.533. The summed E-state index contributed by atoms with van der Waals surface area (Å²) in [5.41, 5.74) is 1.03. The first-order valence-corrected chi connectivity index (χ1v) is 6.98. The summed E-state index contributed by atoms with van der Waals surface area (Å²) in [5, 5.41) is 0. The molecular weight excluding hydrogens is 283 g/mol. The molecule has 1 fully saturated rings. The third-order valence-corrected chi connectivity index (χ3v) is 3.53. The third-order valence-electron chi connectivity index (χ3n) is 3.53. The minimum atomic E-state index is -4.79. The van der Waals surface area contributed by atoms with Crippen LogP contribution in [-0.4, -0.2) is 36.2 Å². The lowest BCUT2D eigenvalue weighted by molar-refractivity contribution is -0.185. The van der Waals surface area contributed by atoms with Gasteiger partial charge < -0.3 is 9.64 Å². The molecule has 21 heavy (non-hydrogen) atoms. The number of likely N-dealkylation sites (tertiary alicyclic amines) is 1. The molecule has 0 radical (unpaired) electrons. The highest BCUT2D eigenvalue weighted by molar-refractivity contribution is 5.81. The SMILES string of the molecule is O=C(N1CCCC(OCc2ccccc2)CC1)C(F)(F)F. The Bertz CT molecular complexity index is 462. The maximum Gasteiger partial charge on any atom is 0.471 e. The van der Waals surface area contributed by atoms with Crippen LogP contribution in [0.1, 0.15) is 24.8 Å². The van der Waals surface area contributed by atoms with Crippen molar-refractivity contribution in [2.75, 3.05) is 13.1 Å². The van der Waals surface area contributed by atoms with E-state index < -0.39 is 12.1 Å². The predicted octanol–water partition coefficient (Wildman–Crippen LogP) is 3.15. The van der Waals surface area contributed by atoms with E-state index in [1.807, 2.05) is 30.3 Å². The van der Waals surface area contributed by atoms with E-state index in [0.717, 1.165) is 10.5 Å². The lowest BCUT2D eigenvalue weighted by Gasteiger charge is -2.21. The molecule has 1 saturated heterocycles. The van der Waals surface area contributed by atoms with Crippen LogP contribution in [0.25, 0.3) is 0 Å². The summed E-state index contributed by atoms with van der Waals surface area (Å²) < 4.78 is 43.0. The van der Waals surface area contributed by atoms with E-state index in [9.17, 15) is 18.0 Å². The highest BCUT2D eigenvalue weighted by Gasteiger charge is 2.42. The van der Waals surface area contributed by atoms with Crippen LogP contribution >= 0.6 is 0 Å². The zero-order valence-electron chi connectivity index (χ0n) is 11.6. The van der Waals surface area contributed by atoms with Crippen LogP contribution in [0.5, 0.6) is 0 Å². The predicted molar refractivity (Wildman–Crippen MR) is 71.5 cm³/mol. The second-order valence-corrected chi connectivity index (χ2v) is 5.14. The Labute approximate surface area is 121 Å². The number of alkyl halides is 3. The lowest BCUT2D eigenvalue weighted by atomic mass is 10.1. The summed E-state index contributed by atoms with van der Waals surface area (Å²) >= 11 is 0. The molecule has 1 atom stereocenters. The van der Waals surface area contributed by atoms with Crippen LogP contribution in [-0.2, 0) is 16.1 Å². The Kier molecular flexibility index (Phi) is 5.22. The fourth-order valence-electron chi connectivity index (χ4n) is 2.40. The first-order chi connectivity index (χ1) is 9.97. The van der Waals surface area contributed by atoms with E-state index in [1.165, 1.54) is 0 Å². The van der Waals surface area contributed by atoms with E-state index in [4.69, 9.17) is 4.74 Å². The van der Waals surface area contributed by atoms with Crippen LogP contribution < -0.4 is 0 Å². The van der Waals surface area contributed by atoms with E-state index in [1.54, 1.807) is 0 Å². The molecule has 0 N–H and O–H groups in total. The first-order valence-electron chi connectivity index (χ1n) is 6.98. The van der Waals surface area contributed by atoms with Gasteiger partial charge in [-0.3, -0.25) is 4.79 Å². The molecule has 1 aromatic carbocycles. The molecule has 2 rings (SSSR count). The molecule has 6 heteroatoms. The topological polar surface area (TPSA) is 29.5 Å². The minimum Gasteiger partial charge on any atom is -0.373 e. The van der Waals surface area contributed by atoms with Gasteiger partial charge in [-0.05, 0) is 24.8 Å². The van der Waals surface area contributed by atoms with E-state index in [0.29, 0.717) is 25.9 Å². The van der Waals surface area contributed by atoms with Gasteiger partial charge in [-0.2, -0.15) is 13.2 Å². The number of rotatable bonds is 3. The fourth-order valence-corrected chi connectivity index (χ4v) is 2.40. The molecule has 1 heterocycles. The Morgan fingerprint density at radius 2 is 1.90 bits per heavy atom. The zero-order chi connectivity index (χ0) is 15.3. The normalized spacial score (nSPS) is 20.1. The highest BCUT2D eigenvalue weighted by atomic mass is 19.4.